The molecule has 1 aliphatic heterocycles. The Kier molecular flexibility index (Phi) is 6.34. The van der Waals surface area contributed by atoms with Crippen LogP contribution >= 0.6 is 0 Å². The molecule has 4 heterocycles. The van der Waals surface area contributed by atoms with E-state index in [1.807, 2.05) is 18.3 Å². The number of hydrogen-bond donors (Lipinski definition) is 1. The van der Waals surface area contributed by atoms with Crippen molar-refractivity contribution in [2.24, 2.45) is 0 Å². The molecule has 1 unspecified atom stereocenters. The monoisotopic (exact) mass is 490 g/mol. The van der Waals surface area contributed by atoms with Crippen molar-refractivity contribution in [2.75, 3.05) is 32.7 Å². The predicted molar refractivity (Wildman–Crippen MR) is 131 cm³/mol. The number of nitrogens with zero attached hydrogens (tertiary/aromatic N) is 7. The summed E-state index contributed by atoms with van der Waals surface area (Å²) < 4.78 is 29.9. The molecule has 4 aromatic rings. The van der Waals surface area contributed by atoms with E-state index >= 15 is 0 Å². The van der Waals surface area contributed by atoms with Crippen LogP contribution in [0.1, 0.15) is 24.9 Å². The summed E-state index contributed by atoms with van der Waals surface area (Å²) in [5, 5.41) is 14.9. The van der Waals surface area contributed by atoms with Crippen LogP contribution in [-0.2, 0) is 10.0 Å². The molecule has 1 N–H and O–H groups in total. The molecule has 0 bridgehead atoms. The number of piperazine rings is 1. The highest BCUT2D eigenvalue weighted by atomic mass is 32.2. The first kappa shape index (κ1) is 23.2. The van der Waals surface area contributed by atoms with Crippen LogP contribution in [0.4, 0.5) is 0 Å². The molecule has 0 amide bonds. The molecule has 0 spiro atoms. The molecule has 180 valence electrons. The van der Waals surface area contributed by atoms with E-state index in [1.165, 1.54) is 6.33 Å². The van der Waals surface area contributed by atoms with Crippen molar-refractivity contribution in [1.29, 1.82) is 5.26 Å². The Hall–Kier alpha value is -3.59. The number of hydrogen-bond acceptors (Lipinski definition) is 7. The number of benzene rings is 1. The van der Waals surface area contributed by atoms with E-state index in [2.05, 4.69) is 37.9 Å². The Labute approximate surface area is 203 Å². The summed E-state index contributed by atoms with van der Waals surface area (Å²) in [5.41, 5.74) is 2.97. The Morgan fingerprint density at radius 1 is 1.17 bits per heavy atom. The summed E-state index contributed by atoms with van der Waals surface area (Å²) in [7, 11) is -3.63. The van der Waals surface area contributed by atoms with Gasteiger partial charge in [0.1, 0.15) is 12.0 Å². The molecule has 0 saturated carbocycles. The summed E-state index contributed by atoms with van der Waals surface area (Å²) in [6.07, 6.45) is 6.98. The predicted octanol–water partition coefficient (Wildman–Crippen LogP) is 2.65. The number of sulfonamides is 1. The third-order valence-corrected chi connectivity index (χ3v) is 8.39. The molecule has 1 aliphatic rings. The highest BCUT2D eigenvalue weighted by Crippen LogP contribution is 2.29. The minimum atomic E-state index is -3.63. The average Bonchev–Trinajstić information content (AvgIpc) is 3.57. The topological polar surface area (TPSA) is 124 Å². The van der Waals surface area contributed by atoms with Crippen LogP contribution in [0.15, 0.2) is 60.1 Å². The molecule has 0 aliphatic carbocycles. The molecule has 1 aromatic carbocycles. The first-order valence-corrected chi connectivity index (χ1v) is 13.0. The molecule has 35 heavy (non-hydrogen) atoms. The van der Waals surface area contributed by atoms with Crippen molar-refractivity contribution in [3.05, 3.63) is 60.8 Å². The van der Waals surface area contributed by atoms with Crippen molar-refractivity contribution in [2.45, 2.75) is 24.3 Å². The lowest BCUT2D eigenvalue weighted by molar-refractivity contribution is 0.196. The maximum absolute atomic E-state index is 13.3. The number of H-pyrrole nitrogens is 1. The molecular formula is C24H26N8O2S. The van der Waals surface area contributed by atoms with Gasteiger partial charge in [-0.25, -0.2) is 18.4 Å². The Morgan fingerprint density at radius 2 is 2.00 bits per heavy atom. The van der Waals surface area contributed by atoms with Crippen molar-refractivity contribution in [3.63, 3.8) is 0 Å². The van der Waals surface area contributed by atoms with Crippen molar-refractivity contribution in [1.82, 2.24) is 33.9 Å². The first-order chi connectivity index (χ1) is 17.0. The molecule has 1 atom stereocenters. The van der Waals surface area contributed by atoms with Gasteiger partial charge in [0.2, 0.25) is 10.0 Å². The number of aromatic nitrogens is 5. The summed E-state index contributed by atoms with van der Waals surface area (Å²) in [6.45, 7) is 5.37. The van der Waals surface area contributed by atoms with Crippen LogP contribution in [-0.4, -0.2) is 75.1 Å². The largest absolute Gasteiger partial charge is 0.346 e. The van der Waals surface area contributed by atoms with E-state index in [9.17, 15) is 13.7 Å². The van der Waals surface area contributed by atoms with Crippen LogP contribution in [0.3, 0.4) is 0 Å². The average molecular weight is 491 g/mol. The summed E-state index contributed by atoms with van der Waals surface area (Å²) in [4.78, 5) is 14.2. The lowest BCUT2D eigenvalue weighted by Crippen LogP contribution is -2.48. The van der Waals surface area contributed by atoms with E-state index in [-0.39, 0.29) is 11.3 Å². The van der Waals surface area contributed by atoms with Gasteiger partial charge in [-0.3, -0.25) is 4.68 Å². The number of aromatic amines is 1. The molecule has 1 fully saturated rings. The first-order valence-electron chi connectivity index (χ1n) is 11.5. The Bertz CT molecular complexity index is 1480. The number of likely N-dealkylation sites (N-methyl/N-ethyl adjacent to an activating group) is 1. The van der Waals surface area contributed by atoms with Gasteiger partial charge in [-0.1, -0.05) is 19.1 Å². The zero-order valence-corrected chi connectivity index (χ0v) is 20.2. The van der Waals surface area contributed by atoms with Crippen molar-refractivity contribution >= 4 is 21.1 Å². The lowest BCUT2D eigenvalue weighted by atomic mass is 10.0. The number of nitriles is 1. The van der Waals surface area contributed by atoms with Crippen molar-refractivity contribution < 1.29 is 8.42 Å². The van der Waals surface area contributed by atoms with Gasteiger partial charge in [-0.15, -0.1) is 0 Å². The summed E-state index contributed by atoms with van der Waals surface area (Å²) in [6, 6.07) is 10.5. The Morgan fingerprint density at radius 3 is 2.77 bits per heavy atom. The second-order valence-electron chi connectivity index (χ2n) is 8.46. The lowest BCUT2D eigenvalue weighted by Gasteiger charge is -2.33. The van der Waals surface area contributed by atoms with Crippen LogP contribution < -0.4 is 0 Å². The van der Waals surface area contributed by atoms with E-state index in [0.717, 1.165) is 41.9 Å². The molecular weight excluding hydrogens is 464 g/mol. The third kappa shape index (κ3) is 4.43. The summed E-state index contributed by atoms with van der Waals surface area (Å²) in [5.74, 6) is 0. The minimum absolute atomic E-state index is 0.142. The van der Waals surface area contributed by atoms with Gasteiger partial charge in [0.15, 0.2) is 0 Å². The second-order valence-corrected chi connectivity index (χ2v) is 10.4. The molecule has 11 heteroatoms. The molecule has 3 aromatic heterocycles. The fourth-order valence-electron chi connectivity index (χ4n) is 4.50. The van der Waals surface area contributed by atoms with Crippen LogP contribution in [0, 0.1) is 11.3 Å². The van der Waals surface area contributed by atoms with E-state index in [4.69, 9.17) is 0 Å². The third-order valence-electron chi connectivity index (χ3n) is 6.49. The highest BCUT2D eigenvalue weighted by Gasteiger charge is 2.29. The standard InChI is InChI=1S/C24H26N8O2S/c1-2-30-10-12-31(13-11-30)35(33,34)20-5-3-4-18(14-20)22(6-8-25)32-16-19(15-29-32)23-21-7-9-26-24(21)28-17-27-23/h3-5,7,9,14-17,22H,2,6,10-13H2,1H3,(H,26,27,28). The maximum atomic E-state index is 13.3. The number of nitrogens with one attached hydrogen (secondary N) is 1. The van der Waals surface area contributed by atoms with E-state index in [1.54, 1.807) is 39.6 Å². The minimum Gasteiger partial charge on any atom is -0.346 e. The van der Waals surface area contributed by atoms with Gasteiger partial charge in [0, 0.05) is 49.5 Å². The number of fused-ring (bicyclic) bond motifs is 1. The van der Waals surface area contributed by atoms with Gasteiger partial charge in [0.25, 0.3) is 0 Å². The van der Waals surface area contributed by atoms with Crippen LogP contribution in [0.2, 0.25) is 0 Å². The quantitative estimate of drug-likeness (QED) is 0.422. The van der Waals surface area contributed by atoms with Gasteiger partial charge < -0.3 is 9.88 Å². The van der Waals surface area contributed by atoms with Gasteiger partial charge in [-0.05, 0) is 30.3 Å². The maximum Gasteiger partial charge on any atom is 0.243 e. The smallest absolute Gasteiger partial charge is 0.243 e. The Balaban J connectivity index is 1.45. The molecule has 10 nitrogen and oxygen atoms in total. The SMILES string of the molecule is CCN1CCN(S(=O)(=O)c2cccc(C(CC#N)n3cc(-c4ncnc5[nH]ccc45)cn3)c2)CC1. The fraction of sp³-hybridized carbons (Fsp3) is 0.333. The van der Waals surface area contributed by atoms with Gasteiger partial charge in [0.05, 0.1) is 35.3 Å². The zero-order chi connectivity index (χ0) is 24.4. The van der Waals surface area contributed by atoms with E-state index < -0.39 is 16.1 Å². The van der Waals surface area contributed by atoms with Gasteiger partial charge in [-0.2, -0.15) is 14.7 Å². The number of rotatable bonds is 7. The zero-order valence-electron chi connectivity index (χ0n) is 19.4. The fourth-order valence-corrected chi connectivity index (χ4v) is 5.98. The van der Waals surface area contributed by atoms with Crippen molar-refractivity contribution in [3.8, 4) is 17.3 Å². The molecule has 0 radical (unpaired) electrons. The normalized spacial score (nSPS) is 16.3. The van der Waals surface area contributed by atoms with Crippen LogP contribution in [0.25, 0.3) is 22.3 Å². The summed E-state index contributed by atoms with van der Waals surface area (Å²) >= 11 is 0. The second kappa shape index (κ2) is 9.58. The highest BCUT2D eigenvalue weighted by molar-refractivity contribution is 7.89. The van der Waals surface area contributed by atoms with Crippen LogP contribution in [0.5, 0.6) is 0 Å². The molecule has 1 saturated heterocycles. The van der Waals surface area contributed by atoms with Gasteiger partial charge >= 0.3 is 0 Å². The van der Waals surface area contributed by atoms with E-state index in [0.29, 0.717) is 18.7 Å². The molecule has 5 rings (SSSR count).